The highest BCUT2D eigenvalue weighted by molar-refractivity contribution is 5.77. The van der Waals surface area contributed by atoms with E-state index in [0.29, 0.717) is 12.3 Å². The SMILES string of the molecule is Cc1nonc1CN1CCC2(CCC(=O)N(CCc3cccnc3)C2)CC1. The van der Waals surface area contributed by atoms with Crippen molar-refractivity contribution in [3.8, 4) is 0 Å². The number of nitrogens with zero attached hydrogens (tertiary/aromatic N) is 5. The van der Waals surface area contributed by atoms with Gasteiger partial charge in [0.25, 0.3) is 0 Å². The van der Waals surface area contributed by atoms with Crippen LogP contribution in [0.5, 0.6) is 0 Å². The molecule has 0 atom stereocenters. The Morgan fingerprint density at radius 1 is 1.22 bits per heavy atom. The molecule has 4 heterocycles. The summed E-state index contributed by atoms with van der Waals surface area (Å²) in [6.07, 6.45) is 8.52. The third-order valence-corrected chi connectivity index (χ3v) is 6.18. The van der Waals surface area contributed by atoms with Crippen molar-refractivity contribution < 1.29 is 9.42 Å². The molecular formula is C20H27N5O2. The van der Waals surface area contributed by atoms with E-state index in [4.69, 9.17) is 4.63 Å². The first-order valence-electron chi connectivity index (χ1n) is 9.81. The van der Waals surface area contributed by atoms with Gasteiger partial charge in [-0.05, 0) is 62.7 Å². The van der Waals surface area contributed by atoms with Gasteiger partial charge in [-0.2, -0.15) is 0 Å². The number of hydrogen-bond donors (Lipinski definition) is 0. The Morgan fingerprint density at radius 2 is 2.07 bits per heavy atom. The lowest BCUT2D eigenvalue weighted by atomic mass is 9.72. The normalized spacial score (nSPS) is 20.3. The van der Waals surface area contributed by atoms with E-state index in [2.05, 4.69) is 31.2 Å². The number of carbonyl (C=O) groups is 1. The molecule has 144 valence electrons. The molecule has 2 aromatic rings. The van der Waals surface area contributed by atoms with Crippen LogP contribution >= 0.6 is 0 Å². The molecule has 0 radical (unpaired) electrons. The topological polar surface area (TPSA) is 75.4 Å². The predicted octanol–water partition coefficient (Wildman–Crippen LogP) is 2.22. The molecule has 0 bridgehead atoms. The van der Waals surface area contributed by atoms with Gasteiger partial charge in [-0.1, -0.05) is 16.4 Å². The van der Waals surface area contributed by atoms with Crippen molar-refractivity contribution in [2.24, 2.45) is 5.41 Å². The van der Waals surface area contributed by atoms with Gasteiger partial charge < -0.3 is 4.90 Å². The minimum absolute atomic E-state index is 0.274. The van der Waals surface area contributed by atoms with Crippen LogP contribution in [0.2, 0.25) is 0 Å². The number of carbonyl (C=O) groups excluding carboxylic acids is 1. The molecule has 0 aromatic carbocycles. The minimum Gasteiger partial charge on any atom is -0.342 e. The number of piperidine rings is 2. The Morgan fingerprint density at radius 3 is 2.78 bits per heavy atom. The summed E-state index contributed by atoms with van der Waals surface area (Å²) in [5, 5.41) is 7.87. The maximum absolute atomic E-state index is 12.4. The van der Waals surface area contributed by atoms with Gasteiger partial charge in [0.2, 0.25) is 5.91 Å². The van der Waals surface area contributed by atoms with Crippen LogP contribution in [-0.2, 0) is 17.8 Å². The fraction of sp³-hybridized carbons (Fsp3) is 0.600. The van der Waals surface area contributed by atoms with E-state index in [0.717, 1.165) is 69.8 Å². The first-order chi connectivity index (χ1) is 13.1. The second-order valence-corrected chi connectivity index (χ2v) is 8.00. The van der Waals surface area contributed by atoms with Crippen LogP contribution in [0.1, 0.15) is 42.6 Å². The average molecular weight is 369 g/mol. The maximum Gasteiger partial charge on any atom is 0.222 e. The number of rotatable bonds is 5. The molecule has 2 aliphatic heterocycles. The Bertz CT molecular complexity index is 768. The summed E-state index contributed by atoms with van der Waals surface area (Å²) in [4.78, 5) is 21.1. The Hall–Kier alpha value is -2.28. The molecule has 2 saturated heterocycles. The zero-order valence-electron chi connectivity index (χ0n) is 15.9. The largest absolute Gasteiger partial charge is 0.342 e. The van der Waals surface area contributed by atoms with E-state index >= 15 is 0 Å². The van der Waals surface area contributed by atoms with Crippen molar-refractivity contribution in [2.75, 3.05) is 26.2 Å². The highest BCUT2D eigenvalue weighted by atomic mass is 16.6. The first kappa shape index (κ1) is 18.1. The van der Waals surface area contributed by atoms with Gasteiger partial charge in [0.15, 0.2) is 0 Å². The summed E-state index contributed by atoms with van der Waals surface area (Å²) in [7, 11) is 0. The summed E-state index contributed by atoms with van der Waals surface area (Å²) >= 11 is 0. The fourth-order valence-corrected chi connectivity index (χ4v) is 4.31. The quantitative estimate of drug-likeness (QED) is 0.804. The number of pyridine rings is 1. The van der Waals surface area contributed by atoms with Crippen molar-refractivity contribution in [2.45, 2.75) is 45.6 Å². The van der Waals surface area contributed by atoms with Crippen molar-refractivity contribution >= 4 is 5.91 Å². The predicted molar refractivity (Wildman–Crippen MR) is 99.7 cm³/mol. The van der Waals surface area contributed by atoms with E-state index in [9.17, 15) is 4.79 Å². The number of likely N-dealkylation sites (tertiary alicyclic amines) is 2. The van der Waals surface area contributed by atoms with Crippen molar-refractivity contribution in [1.29, 1.82) is 0 Å². The lowest BCUT2D eigenvalue weighted by molar-refractivity contribution is -0.139. The molecule has 0 N–H and O–H groups in total. The summed E-state index contributed by atoms with van der Waals surface area (Å²) in [5.74, 6) is 0.302. The number of amides is 1. The summed E-state index contributed by atoms with van der Waals surface area (Å²) in [5.41, 5.74) is 3.27. The van der Waals surface area contributed by atoms with Gasteiger partial charge in [-0.3, -0.25) is 14.7 Å². The van der Waals surface area contributed by atoms with E-state index in [1.54, 1.807) is 6.20 Å². The molecule has 7 heteroatoms. The van der Waals surface area contributed by atoms with Gasteiger partial charge in [0.05, 0.1) is 0 Å². The van der Waals surface area contributed by atoms with E-state index < -0.39 is 0 Å². The molecule has 2 aliphatic rings. The van der Waals surface area contributed by atoms with Crippen LogP contribution in [-0.4, -0.2) is 57.2 Å². The molecular weight excluding hydrogens is 342 g/mol. The van der Waals surface area contributed by atoms with Gasteiger partial charge in [-0.15, -0.1) is 0 Å². The average Bonchev–Trinajstić information content (AvgIpc) is 3.10. The smallest absolute Gasteiger partial charge is 0.222 e. The van der Waals surface area contributed by atoms with Crippen LogP contribution in [0, 0.1) is 12.3 Å². The molecule has 7 nitrogen and oxygen atoms in total. The number of hydrogen-bond acceptors (Lipinski definition) is 6. The molecule has 0 aliphatic carbocycles. The standard InChI is InChI=1S/C20H27N5O2/c1-16-18(23-27-22-16)14-24-11-7-20(8-12-24)6-4-19(26)25(15-20)10-5-17-3-2-9-21-13-17/h2-3,9,13H,4-8,10-12,14-15H2,1H3. The minimum atomic E-state index is 0.274. The molecule has 2 aromatic heterocycles. The van der Waals surface area contributed by atoms with Crippen molar-refractivity contribution in [1.82, 2.24) is 25.1 Å². The second kappa shape index (κ2) is 7.76. The molecule has 4 rings (SSSR count). The highest BCUT2D eigenvalue weighted by Crippen LogP contribution is 2.40. The van der Waals surface area contributed by atoms with Gasteiger partial charge in [0.1, 0.15) is 11.4 Å². The van der Waals surface area contributed by atoms with Crippen molar-refractivity contribution in [3.05, 3.63) is 41.5 Å². The second-order valence-electron chi connectivity index (χ2n) is 8.00. The first-order valence-corrected chi connectivity index (χ1v) is 9.81. The Labute approximate surface area is 159 Å². The molecule has 0 unspecified atom stereocenters. The molecule has 1 amide bonds. The van der Waals surface area contributed by atoms with Gasteiger partial charge in [0, 0.05) is 38.4 Å². The van der Waals surface area contributed by atoms with Crippen LogP contribution in [0.15, 0.2) is 29.2 Å². The highest BCUT2D eigenvalue weighted by Gasteiger charge is 2.40. The van der Waals surface area contributed by atoms with E-state index in [1.165, 1.54) is 5.56 Å². The van der Waals surface area contributed by atoms with Gasteiger partial charge >= 0.3 is 0 Å². The van der Waals surface area contributed by atoms with Crippen LogP contribution in [0.25, 0.3) is 0 Å². The zero-order chi connectivity index (χ0) is 18.7. The molecule has 0 saturated carbocycles. The Kier molecular flexibility index (Phi) is 5.20. The van der Waals surface area contributed by atoms with Crippen LogP contribution in [0.4, 0.5) is 0 Å². The third-order valence-electron chi connectivity index (χ3n) is 6.18. The van der Waals surface area contributed by atoms with E-state index in [1.807, 2.05) is 19.2 Å². The summed E-state index contributed by atoms with van der Waals surface area (Å²) in [6.45, 7) is 6.50. The lowest BCUT2D eigenvalue weighted by Crippen LogP contribution is -2.51. The van der Waals surface area contributed by atoms with Crippen molar-refractivity contribution in [3.63, 3.8) is 0 Å². The van der Waals surface area contributed by atoms with Crippen LogP contribution < -0.4 is 0 Å². The summed E-state index contributed by atoms with van der Waals surface area (Å²) < 4.78 is 4.81. The Balaban J connectivity index is 1.32. The fourth-order valence-electron chi connectivity index (χ4n) is 4.31. The third kappa shape index (κ3) is 4.18. The number of aromatic nitrogens is 3. The van der Waals surface area contributed by atoms with Gasteiger partial charge in [-0.25, -0.2) is 4.63 Å². The molecule has 1 spiro atoms. The zero-order valence-corrected chi connectivity index (χ0v) is 15.9. The van der Waals surface area contributed by atoms with E-state index in [-0.39, 0.29) is 5.41 Å². The molecule has 27 heavy (non-hydrogen) atoms. The lowest BCUT2D eigenvalue weighted by Gasteiger charge is -2.47. The number of aryl methyl sites for hydroxylation is 1. The van der Waals surface area contributed by atoms with Crippen LogP contribution in [0.3, 0.4) is 0 Å². The monoisotopic (exact) mass is 369 g/mol. The molecule has 2 fully saturated rings. The summed E-state index contributed by atoms with van der Waals surface area (Å²) in [6, 6.07) is 4.03. The maximum atomic E-state index is 12.4.